The number of aromatic hydroxyl groups is 1. The number of benzene rings is 2. The molecule has 2 aromatic carbocycles. The smallest absolute Gasteiger partial charge is 0.303 e. The number of unbranched alkanes of at least 4 members (excludes halogenated alkanes) is 2. The summed E-state index contributed by atoms with van der Waals surface area (Å²) in [5, 5.41) is 18.4. The molecular formula is C19H23NO3. The molecule has 4 nitrogen and oxygen atoms in total. The topological polar surface area (TPSA) is 83.5 Å². The molecule has 0 saturated carbocycles. The molecule has 0 aliphatic heterocycles. The number of rotatable bonds is 8. The Morgan fingerprint density at radius 1 is 1.00 bits per heavy atom. The molecule has 4 N–H and O–H groups in total. The normalized spacial score (nSPS) is 10.6. The Labute approximate surface area is 136 Å². The third-order valence-corrected chi connectivity index (χ3v) is 3.93. The number of para-hydroxylation sites is 1. The Morgan fingerprint density at radius 2 is 1.78 bits per heavy atom. The predicted octanol–water partition coefficient (Wildman–Crippen LogP) is 3.75. The lowest BCUT2D eigenvalue weighted by Crippen LogP contribution is -1.98. The molecule has 0 bridgehead atoms. The number of hydrogen-bond donors (Lipinski definition) is 3. The van der Waals surface area contributed by atoms with E-state index in [-0.39, 0.29) is 6.42 Å². The molecule has 0 radical (unpaired) electrons. The molecule has 122 valence electrons. The van der Waals surface area contributed by atoms with Gasteiger partial charge >= 0.3 is 5.97 Å². The molecule has 0 aliphatic rings. The van der Waals surface area contributed by atoms with Gasteiger partial charge in [0.05, 0.1) is 0 Å². The first-order valence-corrected chi connectivity index (χ1v) is 7.92. The average molecular weight is 313 g/mol. The Morgan fingerprint density at radius 3 is 2.48 bits per heavy atom. The molecule has 0 saturated heterocycles. The molecule has 2 aromatic rings. The van der Waals surface area contributed by atoms with E-state index in [1.165, 1.54) is 0 Å². The number of aliphatic carboxylic acids is 1. The number of nitrogens with two attached hydrogens (primary N) is 1. The van der Waals surface area contributed by atoms with Crippen LogP contribution in [0.3, 0.4) is 0 Å². The van der Waals surface area contributed by atoms with Crippen LogP contribution in [0.4, 0.5) is 5.69 Å². The largest absolute Gasteiger partial charge is 0.508 e. The molecule has 0 amide bonds. The summed E-state index contributed by atoms with van der Waals surface area (Å²) in [6.45, 7) is 0. The van der Waals surface area contributed by atoms with Gasteiger partial charge in [-0.05, 0) is 48.1 Å². The van der Waals surface area contributed by atoms with Gasteiger partial charge in [-0.1, -0.05) is 36.8 Å². The van der Waals surface area contributed by atoms with Crippen molar-refractivity contribution in [2.45, 2.75) is 38.5 Å². The molecule has 0 spiro atoms. The van der Waals surface area contributed by atoms with Crippen molar-refractivity contribution in [2.75, 3.05) is 5.73 Å². The minimum absolute atomic E-state index is 0.231. The lowest BCUT2D eigenvalue weighted by atomic mass is 9.99. The fraction of sp³-hybridized carbons (Fsp3) is 0.316. The van der Waals surface area contributed by atoms with Crippen LogP contribution in [0.1, 0.15) is 42.4 Å². The average Bonchev–Trinajstić information content (AvgIpc) is 2.51. The zero-order valence-electron chi connectivity index (χ0n) is 13.2. The quantitative estimate of drug-likeness (QED) is 0.512. The van der Waals surface area contributed by atoms with Gasteiger partial charge in [-0.3, -0.25) is 4.79 Å². The van der Waals surface area contributed by atoms with E-state index < -0.39 is 5.97 Å². The molecule has 0 aliphatic carbocycles. The van der Waals surface area contributed by atoms with Crippen molar-refractivity contribution in [3.05, 3.63) is 59.2 Å². The van der Waals surface area contributed by atoms with Crippen LogP contribution in [-0.4, -0.2) is 16.2 Å². The number of hydrogen-bond acceptors (Lipinski definition) is 3. The Kier molecular flexibility index (Phi) is 6.03. The van der Waals surface area contributed by atoms with Gasteiger partial charge < -0.3 is 15.9 Å². The lowest BCUT2D eigenvalue weighted by molar-refractivity contribution is -0.137. The van der Waals surface area contributed by atoms with E-state index in [1.54, 1.807) is 12.1 Å². The fourth-order valence-electron chi connectivity index (χ4n) is 2.63. The Hall–Kier alpha value is -2.49. The maximum atomic E-state index is 10.5. The second kappa shape index (κ2) is 8.22. The highest BCUT2D eigenvalue weighted by molar-refractivity contribution is 5.66. The van der Waals surface area contributed by atoms with Crippen LogP contribution in [0.2, 0.25) is 0 Å². The number of carbonyl (C=O) groups is 1. The van der Waals surface area contributed by atoms with E-state index in [0.29, 0.717) is 18.6 Å². The van der Waals surface area contributed by atoms with Crippen molar-refractivity contribution in [1.29, 1.82) is 0 Å². The van der Waals surface area contributed by atoms with Gasteiger partial charge in [-0.15, -0.1) is 0 Å². The van der Waals surface area contributed by atoms with Crippen LogP contribution in [0, 0.1) is 0 Å². The SMILES string of the molecule is Nc1cc(Cc2ccccc2O)ccc1CCCCCC(=O)O. The number of aryl methyl sites for hydroxylation is 1. The van der Waals surface area contributed by atoms with Gasteiger partial charge in [-0.25, -0.2) is 0 Å². The summed E-state index contributed by atoms with van der Waals surface area (Å²) in [6.07, 6.45) is 4.29. The van der Waals surface area contributed by atoms with E-state index in [9.17, 15) is 9.90 Å². The van der Waals surface area contributed by atoms with Gasteiger partial charge in [0.15, 0.2) is 0 Å². The zero-order chi connectivity index (χ0) is 16.7. The van der Waals surface area contributed by atoms with E-state index in [1.807, 2.05) is 30.3 Å². The number of carboxylic acids is 1. The van der Waals surface area contributed by atoms with Crippen LogP contribution in [-0.2, 0) is 17.6 Å². The Bertz CT molecular complexity index is 667. The number of phenolic OH excluding ortho intramolecular Hbond substituents is 1. The number of phenols is 1. The van der Waals surface area contributed by atoms with Crippen LogP contribution in [0.15, 0.2) is 42.5 Å². The van der Waals surface area contributed by atoms with E-state index in [2.05, 4.69) is 0 Å². The van der Waals surface area contributed by atoms with Crippen LogP contribution in [0.5, 0.6) is 5.75 Å². The second-order valence-corrected chi connectivity index (χ2v) is 5.79. The molecule has 23 heavy (non-hydrogen) atoms. The van der Waals surface area contributed by atoms with E-state index in [0.717, 1.165) is 41.6 Å². The maximum Gasteiger partial charge on any atom is 0.303 e. The van der Waals surface area contributed by atoms with Crippen molar-refractivity contribution in [1.82, 2.24) is 0 Å². The zero-order valence-corrected chi connectivity index (χ0v) is 13.2. The van der Waals surface area contributed by atoms with E-state index in [4.69, 9.17) is 10.8 Å². The summed E-state index contributed by atoms with van der Waals surface area (Å²) in [6, 6.07) is 13.3. The number of nitrogen functional groups attached to an aromatic ring is 1. The molecule has 0 unspecified atom stereocenters. The van der Waals surface area contributed by atoms with Crippen LogP contribution >= 0.6 is 0 Å². The molecule has 2 rings (SSSR count). The predicted molar refractivity (Wildman–Crippen MR) is 91.6 cm³/mol. The maximum absolute atomic E-state index is 10.5. The van der Waals surface area contributed by atoms with Crippen molar-refractivity contribution < 1.29 is 15.0 Å². The van der Waals surface area contributed by atoms with Crippen molar-refractivity contribution >= 4 is 11.7 Å². The molecule has 0 heterocycles. The molecule has 0 atom stereocenters. The highest BCUT2D eigenvalue weighted by atomic mass is 16.4. The van der Waals surface area contributed by atoms with Crippen LogP contribution in [0.25, 0.3) is 0 Å². The minimum Gasteiger partial charge on any atom is -0.508 e. The fourth-order valence-corrected chi connectivity index (χ4v) is 2.63. The third-order valence-electron chi connectivity index (χ3n) is 3.93. The molecule has 0 fully saturated rings. The summed E-state index contributed by atoms with van der Waals surface area (Å²) in [4.78, 5) is 10.5. The van der Waals surface area contributed by atoms with Gasteiger partial charge in [0.2, 0.25) is 0 Å². The highest BCUT2D eigenvalue weighted by Gasteiger charge is 2.05. The van der Waals surface area contributed by atoms with Crippen molar-refractivity contribution in [2.24, 2.45) is 0 Å². The van der Waals surface area contributed by atoms with Gasteiger partial charge in [0.1, 0.15) is 5.75 Å². The monoisotopic (exact) mass is 313 g/mol. The molecular weight excluding hydrogens is 290 g/mol. The summed E-state index contributed by atoms with van der Waals surface area (Å²) >= 11 is 0. The minimum atomic E-state index is -0.738. The van der Waals surface area contributed by atoms with Crippen molar-refractivity contribution in [3.63, 3.8) is 0 Å². The first-order chi connectivity index (χ1) is 11.1. The van der Waals surface area contributed by atoms with Crippen molar-refractivity contribution in [3.8, 4) is 5.75 Å². The standard InChI is InChI=1S/C19H23NO3/c20-17-13-14(12-16-7-4-5-8-18(16)21)10-11-15(17)6-2-1-3-9-19(22)23/h4-5,7-8,10-11,13,21H,1-3,6,9,12,20H2,(H,22,23). The first-order valence-electron chi connectivity index (χ1n) is 7.92. The van der Waals surface area contributed by atoms with E-state index >= 15 is 0 Å². The van der Waals surface area contributed by atoms with Gasteiger partial charge in [-0.2, -0.15) is 0 Å². The van der Waals surface area contributed by atoms with Crippen LogP contribution < -0.4 is 5.73 Å². The summed E-state index contributed by atoms with van der Waals surface area (Å²) in [7, 11) is 0. The molecule has 0 aromatic heterocycles. The second-order valence-electron chi connectivity index (χ2n) is 5.79. The lowest BCUT2D eigenvalue weighted by Gasteiger charge is -2.09. The Balaban J connectivity index is 1.90. The van der Waals surface area contributed by atoms with Gasteiger partial charge in [0.25, 0.3) is 0 Å². The van der Waals surface area contributed by atoms with Gasteiger partial charge in [0, 0.05) is 18.5 Å². The highest BCUT2D eigenvalue weighted by Crippen LogP contribution is 2.23. The first kappa shape index (κ1) is 16.9. The summed E-state index contributed by atoms with van der Waals surface area (Å²) in [5.41, 5.74) is 9.93. The summed E-state index contributed by atoms with van der Waals surface area (Å²) in [5.74, 6) is -0.438. The third kappa shape index (κ3) is 5.33. The molecule has 4 heteroatoms. The number of carboxylic acid groups (broad SMARTS) is 1. The number of anilines is 1. The summed E-state index contributed by atoms with van der Waals surface area (Å²) < 4.78 is 0.